The van der Waals surface area contributed by atoms with Crippen LogP contribution in [-0.2, 0) is 10.9 Å². The number of amides is 1. The van der Waals surface area contributed by atoms with E-state index < -0.39 is 35.2 Å². The second-order valence-corrected chi connectivity index (χ2v) is 7.52. The average molecular weight is 377 g/mol. The molecule has 1 unspecified atom stereocenters. The summed E-state index contributed by atoms with van der Waals surface area (Å²) in [5, 5.41) is 10.3. The molecule has 1 aromatic rings. The zero-order valence-corrected chi connectivity index (χ0v) is 14.9. The molecule has 0 radical (unpaired) electrons. The Labute approximate surface area is 149 Å². The standard InChI is InChI=1S/C18H23F4NO3/c1-16(2,3)26-15(25)23-10-8-17(19,9-11-23)14(24)12-4-6-13(7-5-12)18(20,21)22/h4-7,14,24H,8-11H2,1-3H3. The Morgan fingerprint density at radius 2 is 1.65 bits per heavy atom. The van der Waals surface area contributed by atoms with Gasteiger partial charge in [0.1, 0.15) is 17.4 Å². The topological polar surface area (TPSA) is 49.8 Å². The number of nitrogens with zero attached hydrogens (tertiary/aromatic N) is 1. The minimum absolute atomic E-state index is 0.0586. The fraction of sp³-hybridized carbons (Fsp3) is 0.611. The molecular weight excluding hydrogens is 354 g/mol. The van der Waals surface area contributed by atoms with Crippen molar-refractivity contribution in [2.24, 2.45) is 0 Å². The molecule has 1 aliphatic rings. The Balaban J connectivity index is 2.02. The van der Waals surface area contributed by atoms with Crippen LogP contribution in [0.25, 0.3) is 0 Å². The molecule has 2 rings (SSSR count). The third-order valence-corrected chi connectivity index (χ3v) is 4.29. The van der Waals surface area contributed by atoms with E-state index in [1.165, 1.54) is 4.90 Å². The maximum Gasteiger partial charge on any atom is 0.416 e. The number of aliphatic hydroxyl groups is 1. The van der Waals surface area contributed by atoms with E-state index in [1.54, 1.807) is 20.8 Å². The van der Waals surface area contributed by atoms with Crippen molar-refractivity contribution in [3.63, 3.8) is 0 Å². The van der Waals surface area contributed by atoms with Crippen molar-refractivity contribution in [1.82, 2.24) is 4.90 Å². The van der Waals surface area contributed by atoms with Crippen molar-refractivity contribution in [3.8, 4) is 0 Å². The van der Waals surface area contributed by atoms with Gasteiger partial charge in [-0.25, -0.2) is 9.18 Å². The van der Waals surface area contributed by atoms with E-state index >= 15 is 4.39 Å². The molecule has 1 fully saturated rings. The Morgan fingerprint density at radius 1 is 1.15 bits per heavy atom. The maximum atomic E-state index is 15.1. The van der Waals surface area contributed by atoms with Crippen molar-refractivity contribution >= 4 is 6.09 Å². The fourth-order valence-electron chi connectivity index (χ4n) is 2.81. The Bertz CT molecular complexity index is 629. The quantitative estimate of drug-likeness (QED) is 0.774. The van der Waals surface area contributed by atoms with E-state index in [-0.39, 0.29) is 31.5 Å². The second-order valence-electron chi connectivity index (χ2n) is 7.52. The predicted molar refractivity (Wildman–Crippen MR) is 87.3 cm³/mol. The lowest BCUT2D eigenvalue weighted by atomic mass is 9.84. The molecule has 26 heavy (non-hydrogen) atoms. The lowest BCUT2D eigenvalue weighted by molar-refractivity contribution is -0.137. The van der Waals surface area contributed by atoms with Crippen molar-refractivity contribution in [3.05, 3.63) is 35.4 Å². The van der Waals surface area contributed by atoms with E-state index in [1.807, 2.05) is 0 Å². The van der Waals surface area contributed by atoms with Crippen LogP contribution in [0.5, 0.6) is 0 Å². The number of hydrogen-bond donors (Lipinski definition) is 1. The first-order valence-corrected chi connectivity index (χ1v) is 8.34. The van der Waals surface area contributed by atoms with Crippen LogP contribution in [0, 0.1) is 0 Å². The van der Waals surface area contributed by atoms with Crippen LogP contribution in [0.15, 0.2) is 24.3 Å². The van der Waals surface area contributed by atoms with Gasteiger partial charge in [-0.05, 0) is 38.5 Å². The van der Waals surface area contributed by atoms with Gasteiger partial charge in [-0.15, -0.1) is 0 Å². The van der Waals surface area contributed by atoms with Gasteiger partial charge in [0.2, 0.25) is 0 Å². The molecule has 1 aliphatic heterocycles. The van der Waals surface area contributed by atoms with Crippen LogP contribution in [0.2, 0.25) is 0 Å². The van der Waals surface area contributed by atoms with Gasteiger partial charge in [-0.2, -0.15) is 13.2 Å². The van der Waals surface area contributed by atoms with E-state index in [4.69, 9.17) is 4.74 Å². The monoisotopic (exact) mass is 377 g/mol. The molecule has 1 saturated heterocycles. The molecule has 146 valence electrons. The number of alkyl halides is 4. The first-order chi connectivity index (χ1) is 11.8. The van der Waals surface area contributed by atoms with Crippen molar-refractivity contribution < 1.29 is 32.2 Å². The number of aliphatic hydroxyl groups excluding tert-OH is 1. The number of carbonyl (C=O) groups is 1. The van der Waals surface area contributed by atoms with Crippen LogP contribution in [-0.4, -0.2) is 40.5 Å². The molecule has 1 N–H and O–H groups in total. The van der Waals surface area contributed by atoms with Crippen LogP contribution < -0.4 is 0 Å². The summed E-state index contributed by atoms with van der Waals surface area (Å²) in [5.41, 5.74) is -3.47. The molecule has 1 amide bonds. The number of benzene rings is 1. The van der Waals surface area contributed by atoms with E-state index in [0.29, 0.717) is 0 Å². The minimum atomic E-state index is -4.49. The summed E-state index contributed by atoms with van der Waals surface area (Å²) in [7, 11) is 0. The SMILES string of the molecule is CC(C)(C)OC(=O)N1CCC(F)(C(O)c2ccc(C(F)(F)F)cc2)CC1. The van der Waals surface area contributed by atoms with Gasteiger partial charge in [-0.1, -0.05) is 12.1 Å². The van der Waals surface area contributed by atoms with Crippen molar-refractivity contribution in [1.29, 1.82) is 0 Å². The highest BCUT2D eigenvalue weighted by atomic mass is 19.4. The predicted octanol–water partition coefficient (Wildman–Crippen LogP) is 4.48. The summed E-state index contributed by atoms with van der Waals surface area (Å²) < 4.78 is 58.1. The highest BCUT2D eigenvalue weighted by Crippen LogP contribution is 2.39. The third-order valence-electron chi connectivity index (χ3n) is 4.29. The molecule has 0 spiro atoms. The molecule has 8 heteroatoms. The highest BCUT2D eigenvalue weighted by molar-refractivity contribution is 5.68. The average Bonchev–Trinajstić information content (AvgIpc) is 2.52. The van der Waals surface area contributed by atoms with Gasteiger partial charge in [-0.3, -0.25) is 0 Å². The van der Waals surface area contributed by atoms with E-state index in [0.717, 1.165) is 24.3 Å². The van der Waals surface area contributed by atoms with Crippen molar-refractivity contribution in [2.75, 3.05) is 13.1 Å². The van der Waals surface area contributed by atoms with Gasteiger partial charge in [0.25, 0.3) is 0 Å². The smallest absolute Gasteiger partial charge is 0.416 e. The molecule has 0 aliphatic carbocycles. The van der Waals surface area contributed by atoms with Crippen LogP contribution >= 0.6 is 0 Å². The van der Waals surface area contributed by atoms with E-state index in [2.05, 4.69) is 0 Å². The van der Waals surface area contributed by atoms with Gasteiger partial charge in [0.05, 0.1) is 5.56 Å². The zero-order chi connectivity index (χ0) is 19.8. The number of likely N-dealkylation sites (tertiary alicyclic amines) is 1. The van der Waals surface area contributed by atoms with Gasteiger partial charge in [0, 0.05) is 25.9 Å². The summed E-state index contributed by atoms with van der Waals surface area (Å²) in [6.07, 6.45) is -6.87. The molecular formula is C18H23F4NO3. The Morgan fingerprint density at radius 3 is 2.08 bits per heavy atom. The zero-order valence-electron chi connectivity index (χ0n) is 14.9. The number of carbonyl (C=O) groups excluding carboxylic acids is 1. The molecule has 1 atom stereocenters. The fourth-order valence-corrected chi connectivity index (χ4v) is 2.81. The largest absolute Gasteiger partial charge is 0.444 e. The lowest BCUT2D eigenvalue weighted by Gasteiger charge is -2.39. The Hall–Kier alpha value is -1.83. The number of rotatable bonds is 2. The summed E-state index contributed by atoms with van der Waals surface area (Å²) in [5.74, 6) is 0. The normalized spacial score (nSPS) is 19.2. The van der Waals surface area contributed by atoms with Crippen molar-refractivity contribution in [2.45, 2.75) is 57.2 Å². The minimum Gasteiger partial charge on any atom is -0.444 e. The first-order valence-electron chi connectivity index (χ1n) is 8.34. The molecule has 0 saturated carbocycles. The number of ether oxygens (including phenoxy) is 1. The summed E-state index contributed by atoms with van der Waals surface area (Å²) in [6.45, 7) is 5.29. The Kier molecular flexibility index (Phi) is 5.56. The van der Waals surface area contributed by atoms with Crippen LogP contribution in [0.3, 0.4) is 0 Å². The molecule has 1 heterocycles. The first kappa shape index (κ1) is 20.5. The van der Waals surface area contributed by atoms with Crippen LogP contribution in [0.1, 0.15) is 50.8 Å². The summed E-state index contributed by atoms with van der Waals surface area (Å²) >= 11 is 0. The van der Waals surface area contributed by atoms with Gasteiger partial charge >= 0.3 is 12.3 Å². The second kappa shape index (κ2) is 7.06. The molecule has 0 bridgehead atoms. The summed E-state index contributed by atoms with van der Waals surface area (Å²) in [6, 6.07) is 3.79. The number of halogens is 4. The summed E-state index contributed by atoms with van der Waals surface area (Å²) in [4.78, 5) is 13.4. The molecule has 0 aromatic heterocycles. The number of piperidine rings is 1. The van der Waals surface area contributed by atoms with Crippen LogP contribution in [0.4, 0.5) is 22.4 Å². The van der Waals surface area contributed by atoms with Gasteiger partial charge < -0.3 is 14.7 Å². The molecule has 1 aromatic carbocycles. The molecule has 4 nitrogen and oxygen atoms in total. The maximum absolute atomic E-state index is 15.1. The van der Waals surface area contributed by atoms with Gasteiger partial charge in [0.15, 0.2) is 0 Å². The number of hydrogen-bond acceptors (Lipinski definition) is 3. The lowest BCUT2D eigenvalue weighted by Crippen LogP contribution is -2.48. The van der Waals surface area contributed by atoms with E-state index in [9.17, 15) is 23.1 Å². The highest BCUT2D eigenvalue weighted by Gasteiger charge is 2.43. The third kappa shape index (κ3) is 4.87.